The molecule has 0 heterocycles. The Labute approximate surface area is 101 Å². The normalized spacial score (nSPS) is 25.3. The predicted molar refractivity (Wildman–Crippen MR) is 63.5 cm³/mol. The van der Waals surface area contributed by atoms with Gasteiger partial charge in [0.15, 0.2) is 17.2 Å². The lowest BCUT2D eigenvalue weighted by Gasteiger charge is -2.27. The topological polar surface area (TPSA) is 74.6 Å². The predicted octanol–water partition coefficient (Wildman–Crippen LogP) is 1.69. The van der Waals surface area contributed by atoms with Gasteiger partial charge in [-0.3, -0.25) is 9.59 Å². The van der Waals surface area contributed by atoms with Crippen LogP contribution in [0.1, 0.15) is 34.1 Å². The summed E-state index contributed by atoms with van der Waals surface area (Å²) in [6.45, 7) is 6.55. The van der Waals surface area contributed by atoms with Gasteiger partial charge in [0.25, 0.3) is 0 Å². The molecule has 0 aromatic rings. The van der Waals surface area contributed by atoms with Gasteiger partial charge in [-0.25, -0.2) is 0 Å². The fraction of sp³-hybridized carbons (Fsp3) is 0.538. The van der Waals surface area contributed by atoms with Crippen LogP contribution in [-0.4, -0.2) is 27.4 Å². The molecule has 1 aliphatic rings. The second-order valence-electron chi connectivity index (χ2n) is 5.01. The molecular formula is C13H18O4. The molecule has 0 amide bonds. The van der Waals surface area contributed by atoms with Crippen molar-refractivity contribution in [3.8, 4) is 0 Å². The lowest BCUT2D eigenvalue weighted by atomic mass is 9.82. The van der Waals surface area contributed by atoms with Crippen molar-refractivity contribution < 1.29 is 19.8 Å². The Bertz CT molecular complexity index is 425. The first-order valence-corrected chi connectivity index (χ1v) is 5.60. The van der Waals surface area contributed by atoms with E-state index >= 15 is 0 Å². The summed E-state index contributed by atoms with van der Waals surface area (Å²) in [6, 6.07) is 0. The molecule has 1 atom stereocenters. The number of rotatable bonds is 3. The van der Waals surface area contributed by atoms with E-state index in [1.165, 1.54) is 13.0 Å². The molecule has 0 saturated carbocycles. The van der Waals surface area contributed by atoms with Gasteiger partial charge in [0, 0.05) is 6.42 Å². The van der Waals surface area contributed by atoms with Crippen molar-refractivity contribution in [2.45, 2.75) is 39.7 Å². The first-order chi connectivity index (χ1) is 7.67. The maximum absolute atomic E-state index is 11.9. The van der Waals surface area contributed by atoms with Crippen LogP contribution in [0.4, 0.5) is 0 Å². The maximum atomic E-state index is 11.9. The van der Waals surface area contributed by atoms with Crippen molar-refractivity contribution in [3.63, 3.8) is 0 Å². The molecule has 0 saturated heterocycles. The molecule has 0 spiro atoms. The quantitative estimate of drug-likeness (QED) is 0.784. The summed E-state index contributed by atoms with van der Waals surface area (Å²) in [6.07, 6.45) is 1.47. The summed E-state index contributed by atoms with van der Waals surface area (Å²) in [5, 5.41) is 19.7. The average Bonchev–Trinajstić information content (AvgIpc) is 2.14. The monoisotopic (exact) mass is 238 g/mol. The van der Waals surface area contributed by atoms with E-state index in [1.807, 2.05) is 13.8 Å². The molecule has 1 unspecified atom stereocenters. The molecular weight excluding hydrogens is 220 g/mol. The average molecular weight is 238 g/mol. The van der Waals surface area contributed by atoms with Crippen LogP contribution in [0.15, 0.2) is 23.0 Å². The molecule has 17 heavy (non-hydrogen) atoms. The first-order valence-electron chi connectivity index (χ1n) is 5.60. The van der Waals surface area contributed by atoms with Gasteiger partial charge in [-0.2, -0.15) is 0 Å². The van der Waals surface area contributed by atoms with E-state index in [4.69, 9.17) is 0 Å². The van der Waals surface area contributed by atoms with Crippen LogP contribution < -0.4 is 0 Å². The van der Waals surface area contributed by atoms with Crippen LogP contribution in [0.5, 0.6) is 0 Å². The number of carbonyl (C=O) groups excluding carboxylic acids is 2. The van der Waals surface area contributed by atoms with E-state index in [1.54, 1.807) is 6.92 Å². The third-order valence-corrected chi connectivity index (χ3v) is 2.79. The Morgan fingerprint density at radius 3 is 2.47 bits per heavy atom. The van der Waals surface area contributed by atoms with Gasteiger partial charge in [-0.1, -0.05) is 13.8 Å². The summed E-state index contributed by atoms with van der Waals surface area (Å²) < 4.78 is 0. The lowest BCUT2D eigenvalue weighted by molar-refractivity contribution is -0.130. The van der Waals surface area contributed by atoms with E-state index < -0.39 is 17.1 Å². The third kappa shape index (κ3) is 2.47. The van der Waals surface area contributed by atoms with Crippen molar-refractivity contribution in [1.29, 1.82) is 0 Å². The molecule has 0 bridgehead atoms. The minimum absolute atomic E-state index is 0.0725. The SMILES string of the molecule is CC1=CC(=O)C(C)(O)C(O)=C1C(=O)CC(C)C. The van der Waals surface area contributed by atoms with Crippen LogP contribution in [-0.2, 0) is 9.59 Å². The van der Waals surface area contributed by atoms with Gasteiger partial charge >= 0.3 is 0 Å². The molecule has 1 rings (SSSR count). The standard InChI is InChI=1S/C13H18O4/c1-7(2)5-9(14)11-8(3)6-10(15)13(4,17)12(11)16/h6-7,16-17H,5H2,1-4H3. The summed E-state index contributed by atoms with van der Waals surface area (Å²) >= 11 is 0. The van der Waals surface area contributed by atoms with Crippen molar-refractivity contribution in [3.05, 3.63) is 23.0 Å². The van der Waals surface area contributed by atoms with Gasteiger partial charge < -0.3 is 10.2 Å². The Hall–Kier alpha value is -1.42. The molecule has 4 nitrogen and oxygen atoms in total. The number of aliphatic hydroxyl groups excluding tert-OH is 1. The molecule has 94 valence electrons. The smallest absolute Gasteiger partial charge is 0.194 e. The van der Waals surface area contributed by atoms with E-state index in [2.05, 4.69) is 0 Å². The zero-order valence-electron chi connectivity index (χ0n) is 10.6. The summed E-state index contributed by atoms with van der Waals surface area (Å²) in [4.78, 5) is 23.4. The van der Waals surface area contributed by atoms with Crippen LogP contribution >= 0.6 is 0 Å². The number of hydrogen-bond donors (Lipinski definition) is 2. The largest absolute Gasteiger partial charge is 0.508 e. The summed E-state index contributed by atoms with van der Waals surface area (Å²) in [7, 11) is 0. The lowest BCUT2D eigenvalue weighted by Crippen LogP contribution is -2.40. The summed E-state index contributed by atoms with van der Waals surface area (Å²) in [5.41, 5.74) is -1.51. The molecule has 2 N–H and O–H groups in total. The Morgan fingerprint density at radius 1 is 1.47 bits per heavy atom. The second-order valence-corrected chi connectivity index (χ2v) is 5.01. The number of aliphatic hydroxyl groups is 2. The molecule has 4 heteroatoms. The zero-order valence-corrected chi connectivity index (χ0v) is 10.6. The van der Waals surface area contributed by atoms with Gasteiger partial charge in [0.2, 0.25) is 0 Å². The number of allylic oxidation sites excluding steroid dienone is 2. The minimum Gasteiger partial charge on any atom is -0.508 e. The van der Waals surface area contributed by atoms with Gasteiger partial charge in [0.1, 0.15) is 5.76 Å². The Morgan fingerprint density at radius 2 is 2.00 bits per heavy atom. The molecule has 0 aromatic carbocycles. The first kappa shape index (κ1) is 13.6. The van der Waals surface area contributed by atoms with E-state index in [-0.39, 0.29) is 23.7 Å². The molecule has 0 aliphatic heterocycles. The van der Waals surface area contributed by atoms with E-state index in [9.17, 15) is 19.8 Å². The highest BCUT2D eigenvalue weighted by atomic mass is 16.3. The fourth-order valence-electron chi connectivity index (χ4n) is 1.78. The minimum atomic E-state index is -1.98. The number of carbonyl (C=O) groups is 2. The van der Waals surface area contributed by atoms with Crippen molar-refractivity contribution in [2.75, 3.05) is 0 Å². The van der Waals surface area contributed by atoms with Gasteiger partial charge in [-0.15, -0.1) is 0 Å². The van der Waals surface area contributed by atoms with Crippen LogP contribution in [0.3, 0.4) is 0 Å². The van der Waals surface area contributed by atoms with E-state index in [0.717, 1.165) is 0 Å². The molecule has 1 aliphatic carbocycles. The van der Waals surface area contributed by atoms with Crippen molar-refractivity contribution >= 4 is 11.6 Å². The van der Waals surface area contributed by atoms with Gasteiger partial charge in [0.05, 0.1) is 5.57 Å². The third-order valence-electron chi connectivity index (χ3n) is 2.79. The number of hydrogen-bond acceptors (Lipinski definition) is 4. The molecule has 0 fully saturated rings. The summed E-state index contributed by atoms with van der Waals surface area (Å²) in [5.74, 6) is -1.24. The van der Waals surface area contributed by atoms with Crippen LogP contribution in [0, 0.1) is 5.92 Å². The Kier molecular flexibility index (Phi) is 3.57. The van der Waals surface area contributed by atoms with Crippen LogP contribution in [0.2, 0.25) is 0 Å². The van der Waals surface area contributed by atoms with Crippen molar-refractivity contribution in [2.24, 2.45) is 5.92 Å². The molecule has 0 aromatic heterocycles. The van der Waals surface area contributed by atoms with Crippen molar-refractivity contribution in [1.82, 2.24) is 0 Å². The fourth-order valence-corrected chi connectivity index (χ4v) is 1.78. The highest BCUT2D eigenvalue weighted by molar-refractivity contribution is 6.09. The van der Waals surface area contributed by atoms with Crippen LogP contribution in [0.25, 0.3) is 0 Å². The van der Waals surface area contributed by atoms with Gasteiger partial charge in [-0.05, 0) is 31.4 Å². The highest BCUT2D eigenvalue weighted by Crippen LogP contribution is 2.30. The second kappa shape index (κ2) is 4.45. The number of Topliss-reactive ketones (excluding diaryl/α,β-unsaturated/α-hetero) is 1. The maximum Gasteiger partial charge on any atom is 0.194 e. The van der Waals surface area contributed by atoms with E-state index in [0.29, 0.717) is 5.57 Å². The highest BCUT2D eigenvalue weighted by Gasteiger charge is 2.40. The zero-order chi connectivity index (χ0) is 13.4. The molecule has 0 radical (unpaired) electrons. The Balaban J connectivity index is 3.21. The number of ketones is 2.